The van der Waals surface area contributed by atoms with Crippen molar-refractivity contribution in [2.24, 2.45) is 0 Å². The van der Waals surface area contributed by atoms with Gasteiger partial charge in [0.05, 0.1) is 34.4 Å². The molecule has 8 nitrogen and oxygen atoms in total. The normalized spacial score (nSPS) is 15.8. The predicted molar refractivity (Wildman–Crippen MR) is 102 cm³/mol. The van der Waals surface area contributed by atoms with Gasteiger partial charge in [-0.05, 0) is 36.4 Å². The third kappa shape index (κ3) is 4.28. The molecule has 28 heavy (non-hydrogen) atoms. The quantitative estimate of drug-likeness (QED) is 0.787. The van der Waals surface area contributed by atoms with E-state index in [1.165, 1.54) is 19.1 Å². The number of anilines is 1. The average Bonchev–Trinajstić information content (AvgIpc) is 3.12. The number of carbonyl (C=O) groups excluding carboxylic acids is 2. The average molecular weight is 386 g/mol. The molecule has 0 aromatic heterocycles. The topological polar surface area (TPSA) is 86.3 Å². The second kappa shape index (κ2) is 8.51. The number of nitrogens with zero attached hydrogens (tertiary/aromatic N) is 1. The first-order chi connectivity index (χ1) is 13.5. The lowest BCUT2D eigenvalue weighted by atomic mass is 10.2. The van der Waals surface area contributed by atoms with Crippen molar-refractivity contribution < 1.29 is 28.5 Å². The standard InChI is InChI=1S/C20H22N2O6/c1-25-15-6-4-14(5-7-15)22-12-18(28-20(22)24)11-21-19(23)13-8-16(26-2)10-17(9-13)27-3/h4-10,18H,11-12H2,1-3H3,(H,21,23). The Bertz CT molecular complexity index is 830. The van der Waals surface area contributed by atoms with Crippen LogP contribution in [0.2, 0.25) is 0 Å². The maximum atomic E-state index is 12.5. The van der Waals surface area contributed by atoms with E-state index in [2.05, 4.69) is 5.32 Å². The third-order valence-electron chi connectivity index (χ3n) is 4.36. The molecule has 1 heterocycles. The summed E-state index contributed by atoms with van der Waals surface area (Å²) in [6.45, 7) is 0.531. The summed E-state index contributed by atoms with van der Waals surface area (Å²) in [5, 5.41) is 2.78. The minimum absolute atomic E-state index is 0.191. The number of rotatable bonds is 7. The SMILES string of the molecule is COc1ccc(N2CC(CNC(=O)c3cc(OC)cc(OC)c3)OC2=O)cc1. The van der Waals surface area contributed by atoms with Crippen molar-refractivity contribution in [2.75, 3.05) is 39.3 Å². The molecule has 1 saturated heterocycles. The summed E-state index contributed by atoms with van der Waals surface area (Å²) < 4.78 is 20.8. The van der Waals surface area contributed by atoms with Gasteiger partial charge in [-0.3, -0.25) is 9.69 Å². The lowest BCUT2D eigenvalue weighted by Crippen LogP contribution is -2.34. The van der Waals surface area contributed by atoms with Crippen LogP contribution in [0.15, 0.2) is 42.5 Å². The molecule has 0 bridgehead atoms. The van der Waals surface area contributed by atoms with Gasteiger partial charge in [-0.2, -0.15) is 0 Å². The van der Waals surface area contributed by atoms with Gasteiger partial charge < -0.3 is 24.3 Å². The van der Waals surface area contributed by atoms with Crippen LogP contribution in [-0.2, 0) is 4.74 Å². The number of methoxy groups -OCH3 is 3. The molecular weight excluding hydrogens is 364 g/mol. The van der Waals surface area contributed by atoms with Crippen molar-refractivity contribution in [3.8, 4) is 17.2 Å². The van der Waals surface area contributed by atoms with Crippen LogP contribution in [0.1, 0.15) is 10.4 Å². The zero-order chi connectivity index (χ0) is 20.1. The highest BCUT2D eigenvalue weighted by atomic mass is 16.6. The van der Waals surface area contributed by atoms with Crippen LogP contribution in [-0.4, -0.2) is 52.5 Å². The Kier molecular flexibility index (Phi) is 5.88. The molecule has 1 unspecified atom stereocenters. The fraction of sp³-hybridized carbons (Fsp3) is 0.300. The van der Waals surface area contributed by atoms with E-state index in [1.807, 2.05) is 0 Å². The predicted octanol–water partition coefficient (Wildman–Crippen LogP) is 2.47. The lowest BCUT2D eigenvalue weighted by molar-refractivity contribution is 0.0915. The summed E-state index contributed by atoms with van der Waals surface area (Å²) in [6.07, 6.45) is -0.904. The zero-order valence-electron chi connectivity index (χ0n) is 15.9. The largest absolute Gasteiger partial charge is 0.497 e. The summed E-state index contributed by atoms with van der Waals surface area (Å²) in [5.74, 6) is 1.43. The smallest absolute Gasteiger partial charge is 0.414 e. The molecule has 2 aromatic rings. The molecule has 1 fully saturated rings. The third-order valence-corrected chi connectivity index (χ3v) is 4.36. The van der Waals surface area contributed by atoms with Gasteiger partial charge in [-0.1, -0.05) is 0 Å². The lowest BCUT2D eigenvalue weighted by Gasteiger charge is -2.14. The molecule has 3 rings (SSSR count). The van der Waals surface area contributed by atoms with Crippen LogP contribution in [0, 0.1) is 0 Å². The molecule has 0 aliphatic carbocycles. The minimum atomic E-state index is -0.453. The summed E-state index contributed by atoms with van der Waals surface area (Å²) in [4.78, 5) is 26.1. The van der Waals surface area contributed by atoms with E-state index in [0.717, 1.165) is 0 Å². The highest BCUT2D eigenvalue weighted by Gasteiger charge is 2.32. The van der Waals surface area contributed by atoms with Gasteiger partial charge in [-0.25, -0.2) is 4.79 Å². The van der Waals surface area contributed by atoms with Gasteiger partial charge in [0, 0.05) is 17.3 Å². The highest BCUT2D eigenvalue weighted by Crippen LogP contribution is 2.25. The van der Waals surface area contributed by atoms with Crippen LogP contribution < -0.4 is 24.4 Å². The van der Waals surface area contributed by atoms with Crippen molar-refractivity contribution in [2.45, 2.75) is 6.10 Å². The Morgan fingerprint density at radius 1 is 1.04 bits per heavy atom. The van der Waals surface area contributed by atoms with E-state index in [1.54, 1.807) is 49.6 Å². The van der Waals surface area contributed by atoms with Crippen LogP contribution in [0.25, 0.3) is 0 Å². The molecule has 148 valence electrons. The first kappa shape index (κ1) is 19.3. The molecule has 1 N–H and O–H groups in total. The molecule has 2 aromatic carbocycles. The zero-order valence-corrected chi connectivity index (χ0v) is 15.9. The van der Waals surface area contributed by atoms with Gasteiger partial charge in [0.1, 0.15) is 23.4 Å². The van der Waals surface area contributed by atoms with E-state index >= 15 is 0 Å². The first-order valence-electron chi connectivity index (χ1n) is 8.67. The first-order valence-corrected chi connectivity index (χ1v) is 8.67. The fourth-order valence-electron chi connectivity index (χ4n) is 2.85. The van der Waals surface area contributed by atoms with Gasteiger partial charge in [0.2, 0.25) is 0 Å². The number of hydrogen-bond acceptors (Lipinski definition) is 6. The second-order valence-corrected chi connectivity index (χ2v) is 6.13. The van der Waals surface area contributed by atoms with Crippen LogP contribution in [0.4, 0.5) is 10.5 Å². The number of benzene rings is 2. The van der Waals surface area contributed by atoms with E-state index in [0.29, 0.717) is 35.0 Å². The number of cyclic esters (lactones) is 1. The minimum Gasteiger partial charge on any atom is -0.497 e. The van der Waals surface area contributed by atoms with Crippen molar-refractivity contribution in [3.63, 3.8) is 0 Å². The number of ether oxygens (including phenoxy) is 4. The molecule has 1 aliphatic rings. The van der Waals surface area contributed by atoms with Crippen molar-refractivity contribution in [3.05, 3.63) is 48.0 Å². The number of carbonyl (C=O) groups is 2. The maximum Gasteiger partial charge on any atom is 0.414 e. The van der Waals surface area contributed by atoms with Crippen LogP contribution >= 0.6 is 0 Å². The molecule has 1 aliphatic heterocycles. The molecule has 8 heteroatoms. The molecule has 2 amide bonds. The van der Waals surface area contributed by atoms with Gasteiger partial charge >= 0.3 is 6.09 Å². The summed E-state index contributed by atoms with van der Waals surface area (Å²) in [5.41, 5.74) is 1.10. The Balaban J connectivity index is 1.60. The van der Waals surface area contributed by atoms with Gasteiger partial charge in [0.25, 0.3) is 5.91 Å². The van der Waals surface area contributed by atoms with E-state index in [9.17, 15) is 9.59 Å². The Hall–Kier alpha value is -3.42. The van der Waals surface area contributed by atoms with Crippen molar-refractivity contribution >= 4 is 17.7 Å². The monoisotopic (exact) mass is 386 g/mol. The number of hydrogen-bond donors (Lipinski definition) is 1. The second-order valence-electron chi connectivity index (χ2n) is 6.13. The van der Waals surface area contributed by atoms with Crippen LogP contribution in [0.5, 0.6) is 17.2 Å². The summed E-state index contributed by atoms with van der Waals surface area (Å²) >= 11 is 0. The van der Waals surface area contributed by atoms with Crippen molar-refractivity contribution in [1.82, 2.24) is 5.32 Å². The highest BCUT2D eigenvalue weighted by molar-refractivity contribution is 5.95. The Labute approximate surface area is 162 Å². The molecule has 0 saturated carbocycles. The summed E-state index contributed by atoms with van der Waals surface area (Å²) in [7, 11) is 4.61. The van der Waals surface area contributed by atoms with Gasteiger partial charge in [0.15, 0.2) is 0 Å². The Morgan fingerprint density at radius 2 is 1.64 bits per heavy atom. The molecule has 1 atom stereocenters. The van der Waals surface area contributed by atoms with E-state index in [-0.39, 0.29) is 12.5 Å². The van der Waals surface area contributed by atoms with Gasteiger partial charge in [-0.15, -0.1) is 0 Å². The van der Waals surface area contributed by atoms with Crippen molar-refractivity contribution in [1.29, 1.82) is 0 Å². The molecule has 0 spiro atoms. The number of nitrogens with one attached hydrogen (secondary N) is 1. The summed E-state index contributed by atoms with van der Waals surface area (Å²) in [6, 6.07) is 12.0. The molecule has 0 radical (unpaired) electrons. The van der Waals surface area contributed by atoms with Crippen LogP contribution in [0.3, 0.4) is 0 Å². The fourth-order valence-corrected chi connectivity index (χ4v) is 2.85. The van der Waals surface area contributed by atoms with E-state index < -0.39 is 12.2 Å². The Morgan fingerprint density at radius 3 is 2.21 bits per heavy atom. The van der Waals surface area contributed by atoms with E-state index in [4.69, 9.17) is 18.9 Å². The maximum absolute atomic E-state index is 12.5. The molecular formula is C20H22N2O6. The number of amides is 2.